The predicted octanol–water partition coefficient (Wildman–Crippen LogP) is 19.7. The summed E-state index contributed by atoms with van der Waals surface area (Å²) < 4.78 is 81.1. The Morgan fingerprint density at radius 1 is 0.266 bits per heavy atom. The van der Waals surface area contributed by atoms with Crippen molar-refractivity contribution in [1.82, 2.24) is 0 Å². The molecule has 0 rings (SSSR count). The highest BCUT2D eigenvalue weighted by atomic mass is 28.4. The molecule has 0 heterocycles. The van der Waals surface area contributed by atoms with Gasteiger partial charge in [-0.05, 0) is 37.0 Å². The molecule has 5 atom stereocenters. The van der Waals surface area contributed by atoms with Gasteiger partial charge in [-0.2, -0.15) is 0 Å². The van der Waals surface area contributed by atoms with E-state index in [0.29, 0.717) is 28.8 Å². The Hall–Kier alpha value is 0.484. The normalized spacial score (nSPS) is 12.6. The summed E-state index contributed by atoms with van der Waals surface area (Å²) >= 11 is 0. The molecule has 0 aromatic carbocycles. The standard InChI is InChI=1S/4C10H24O3Si.C9H22O3Si.10CH4/c1-6-7-8-10(2)9-14(11-3,12-4)13-5;1-6-7-8-9-10(2)14(11-3,12-4)13-5;1-6-8-10(7-2)9-14(11-3,12-4)13-5;1-6-8-9-10(7-2)14(11-3,12-4)13-5;1-6-7-9(2)8-13(10-3,11-4)12-5;;;;;;;;;;/h4*10H,6-9H2,1-5H3;9H,6-8H2,1-5H3;10*1H4. The fraction of sp³-hybridized carbons (Fsp3) is 1.00. The van der Waals surface area contributed by atoms with Gasteiger partial charge in [-0.25, -0.2) is 0 Å². The third kappa shape index (κ3) is 50.4. The van der Waals surface area contributed by atoms with Gasteiger partial charge in [-0.1, -0.05) is 227 Å². The molecule has 0 saturated heterocycles. The highest BCUT2D eigenvalue weighted by molar-refractivity contribution is 6.63. The monoisotopic (exact) mass is 1250 g/mol. The molecule has 79 heavy (non-hydrogen) atoms. The minimum absolute atomic E-state index is 0. The predicted molar refractivity (Wildman–Crippen MR) is 364 cm³/mol. The molecule has 0 amide bonds. The van der Waals surface area contributed by atoms with E-state index in [1.807, 2.05) is 0 Å². The fourth-order valence-electron chi connectivity index (χ4n) is 8.38. The lowest BCUT2D eigenvalue weighted by Gasteiger charge is -2.31. The second kappa shape index (κ2) is 74.6. The van der Waals surface area contributed by atoms with Gasteiger partial charge in [0.1, 0.15) is 0 Å². The molecule has 0 aromatic heterocycles. The van der Waals surface area contributed by atoms with Gasteiger partial charge >= 0.3 is 44.0 Å². The van der Waals surface area contributed by atoms with E-state index in [1.165, 1.54) is 83.5 Å². The van der Waals surface area contributed by atoms with E-state index in [-0.39, 0.29) is 74.3 Å². The van der Waals surface area contributed by atoms with Crippen molar-refractivity contribution in [2.24, 2.45) is 17.8 Å². The quantitative estimate of drug-likeness (QED) is 0.0426. The number of rotatable bonds is 39. The van der Waals surface area contributed by atoms with Gasteiger partial charge in [0.2, 0.25) is 0 Å². The summed E-state index contributed by atoms with van der Waals surface area (Å²) in [5.74, 6) is 1.88. The Morgan fingerprint density at radius 3 is 0.810 bits per heavy atom. The lowest BCUT2D eigenvalue weighted by Crippen LogP contribution is -2.47. The van der Waals surface area contributed by atoms with Crippen LogP contribution in [0.25, 0.3) is 0 Å². The van der Waals surface area contributed by atoms with Crippen molar-refractivity contribution in [3.05, 3.63) is 0 Å². The van der Waals surface area contributed by atoms with Crippen LogP contribution in [0, 0.1) is 17.8 Å². The molecular weight excluding hydrogens is 1090 g/mol. The summed E-state index contributed by atoms with van der Waals surface area (Å²) in [5.41, 5.74) is 0.816. The van der Waals surface area contributed by atoms with Crippen LogP contribution in [0.3, 0.4) is 0 Å². The molecular formula is C59H158O15Si5. The second-order valence-corrected chi connectivity index (χ2v) is 33.4. The van der Waals surface area contributed by atoms with E-state index < -0.39 is 44.0 Å². The van der Waals surface area contributed by atoms with E-state index in [2.05, 4.69) is 69.2 Å². The van der Waals surface area contributed by atoms with Crippen LogP contribution in [0.15, 0.2) is 0 Å². The SMILES string of the molecule is C.C.C.C.C.C.C.C.C.C.CCCC(C)C[Si](OC)(OC)OC.CCCC(CC)C[Si](OC)(OC)OC.CCCCC(C)C[Si](OC)(OC)OC.CCCCC(CC)[Si](OC)(OC)OC.CCCCCC(C)[Si](OC)(OC)OC. The van der Waals surface area contributed by atoms with Crippen LogP contribution in [0.5, 0.6) is 0 Å². The molecule has 0 fully saturated rings. The Kier molecular flexibility index (Phi) is 111. The maximum Gasteiger partial charge on any atom is 0.503 e. The van der Waals surface area contributed by atoms with Crippen LogP contribution < -0.4 is 0 Å². The smallest absolute Gasteiger partial charge is 0.377 e. The van der Waals surface area contributed by atoms with Gasteiger partial charge in [0.05, 0.1) is 0 Å². The average molecular weight is 1250 g/mol. The highest BCUT2D eigenvalue weighted by Gasteiger charge is 2.46. The van der Waals surface area contributed by atoms with Crippen LogP contribution in [0.1, 0.15) is 246 Å². The molecule has 0 spiro atoms. The number of hydrogen-bond acceptors (Lipinski definition) is 15. The van der Waals surface area contributed by atoms with Gasteiger partial charge in [0.25, 0.3) is 0 Å². The zero-order valence-electron chi connectivity index (χ0n) is 49.9. The lowest BCUT2D eigenvalue weighted by atomic mass is 10.0. The van der Waals surface area contributed by atoms with Crippen molar-refractivity contribution in [2.45, 2.75) is 275 Å². The van der Waals surface area contributed by atoms with Crippen LogP contribution >= 0.6 is 0 Å². The maximum absolute atomic E-state index is 5.48. The highest BCUT2D eigenvalue weighted by Crippen LogP contribution is 2.33. The van der Waals surface area contributed by atoms with Crippen LogP contribution in [-0.2, 0) is 66.4 Å². The van der Waals surface area contributed by atoms with Gasteiger partial charge < -0.3 is 66.4 Å². The molecule has 0 saturated carbocycles. The molecule has 0 aliphatic rings. The Balaban J connectivity index is -0.0000000483. The number of hydrogen-bond donors (Lipinski definition) is 0. The van der Waals surface area contributed by atoms with Gasteiger partial charge in [-0.15, -0.1) is 0 Å². The van der Waals surface area contributed by atoms with E-state index >= 15 is 0 Å². The fourth-order valence-corrected chi connectivity index (χ4v) is 19.5. The Labute approximate surface area is 507 Å². The largest absolute Gasteiger partial charge is 0.503 e. The van der Waals surface area contributed by atoms with E-state index in [9.17, 15) is 0 Å². The maximum atomic E-state index is 5.48. The van der Waals surface area contributed by atoms with Gasteiger partial charge in [0, 0.05) is 136 Å². The van der Waals surface area contributed by atoms with Gasteiger partial charge in [0.15, 0.2) is 0 Å². The Bertz CT molecular complexity index is 1010. The molecule has 20 heteroatoms. The summed E-state index contributed by atoms with van der Waals surface area (Å²) in [6.45, 7) is 22.0. The minimum atomic E-state index is -2.38. The summed E-state index contributed by atoms with van der Waals surface area (Å²) in [4.78, 5) is 0. The van der Waals surface area contributed by atoms with E-state index in [0.717, 1.165) is 37.4 Å². The molecule has 0 N–H and O–H groups in total. The van der Waals surface area contributed by atoms with Gasteiger partial charge in [-0.3, -0.25) is 0 Å². The minimum Gasteiger partial charge on any atom is -0.377 e. The molecule has 15 nitrogen and oxygen atoms in total. The zero-order valence-corrected chi connectivity index (χ0v) is 54.9. The summed E-state index contributed by atoms with van der Waals surface area (Å²) in [6, 6.07) is 2.75. The molecule has 0 bridgehead atoms. The van der Waals surface area contributed by atoms with Crippen molar-refractivity contribution in [1.29, 1.82) is 0 Å². The lowest BCUT2D eigenvalue weighted by molar-refractivity contribution is 0.108. The third-order valence-corrected chi connectivity index (χ3v) is 28.8. The van der Waals surface area contributed by atoms with Crippen molar-refractivity contribution >= 4 is 44.0 Å². The Morgan fingerprint density at radius 2 is 0.557 bits per heavy atom. The molecule has 0 aromatic rings. The van der Waals surface area contributed by atoms with Crippen LogP contribution in [0.2, 0.25) is 29.2 Å². The first-order valence-corrected chi connectivity index (χ1v) is 35.5. The first kappa shape index (κ1) is 118. The summed E-state index contributed by atoms with van der Waals surface area (Å²) in [5, 5.41) is 0. The number of unbranched alkanes of at least 4 members (excludes halogenated alkanes) is 4. The zero-order chi connectivity index (χ0) is 54.4. The van der Waals surface area contributed by atoms with Crippen molar-refractivity contribution in [3.63, 3.8) is 0 Å². The van der Waals surface area contributed by atoms with Crippen molar-refractivity contribution in [3.8, 4) is 0 Å². The third-order valence-electron chi connectivity index (χ3n) is 13.1. The van der Waals surface area contributed by atoms with E-state index in [4.69, 9.17) is 66.4 Å². The summed E-state index contributed by atoms with van der Waals surface area (Å²) in [7, 11) is 13.4. The van der Waals surface area contributed by atoms with Crippen molar-refractivity contribution in [2.75, 3.05) is 107 Å². The van der Waals surface area contributed by atoms with E-state index in [1.54, 1.807) is 107 Å². The second-order valence-electron chi connectivity index (χ2n) is 17.8. The summed E-state index contributed by atoms with van der Waals surface area (Å²) in [6.07, 6.45) is 19.2. The molecule has 0 radical (unpaired) electrons. The first-order chi connectivity index (χ1) is 32.8. The topological polar surface area (TPSA) is 138 Å². The average Bonchev–Trinajstić information content (AvgIpc) is 3.38. The van der Waals surface area contributed by atoms with Crippen molar-refractivity contribution < 1.29 is 66.4 Å². The molecule has 0 aliphatic carbocycles. The molecule has 5 unspecified atom stereocenters. The van der Waals surface area contributed by atoms with Crippen LogP contribution in [0.4, 0.5) is 0 Å². The van der Waals surface area contributed by atoms with Crippen LogP contribution in [-0.4, -0.2) is 151 Å². The molecule has 0 aliphatic heterocycles. The first-order valence-electron chi connectivity index (χ1n) is 26.1. The molecule has 504 valence electrons.